The van der Waals surface area contributed by atoms with Gasteiger partial charge in [-0.2, -0.15) is 0 Å². The molecule has 1 aromatic rings. The number of unbranched alkanes of at least 4 members (excludes halogenated alkanes) is 14. The summed E-state index contributed by atoms with van der Waals surface area (Å²) >= 11 is 0. The van der Waals surface area contributed by atoms with Crippen molar-refractivity contribution in [3.63, 3.8) is 0 Å². The number of aliphatic hydroxyl groups is 1. The lowest BCUT2D eigenvalue weighted by Crippen LogP contribution is -2.74. The first-order valence-corrected chi connectivity index (χ1v) is 23.2. The predicted molar refractivity (Wildman–Crippen MR) is 231 cm³/mol. The molecule has 0 aromatic heterocycles. The van der Waals surface area contributed by atoms with Gasteiger partial charge in [-0.05, 0) is 92.1 Å². The van der Waals surface area contributed by atoms with Gasteiger partial charge in [0.15, 0.2) is 17.6 Å². The molecule has 0 unspecified atom stereocenters. The molecule has 1 fully saturated rings. The van der Waals surface area contributed by atoms with Crippen molar-refractivity contribution >= 4 is 23.9 Å². The van der Waals surface area contributed by atoms with E-state index in [0.29, 0.717) is 31.6 Å². The van der Waals surface area contributed by atoms with E-state index in [1.165, 1.54) is 70.6 Å². The van der Waals surface area contributed by atoms with Gasteiger partial charge in [0, 0.05) is 30.9 Å². The molecule has 5 rings (SSSR count). The first-order valence-electron chi connectivity index (χ1n) is 23.2. The highest BCUT2D eigenvalue weighted by Gasteiger charge is 2.72. The molecule has 2 heterocycles. The van der Waals surface area contributed by atoms with E-state index in [4.69, 9.17) is 23.7 Å². The smallest absolute Gasteiger partial charge is 0.477 e. The Morgan fingerprint density at radius 2 is 1.40 bits per heavy atom. The van der Waals surface area contributed by atoms with E-state index < -0.39 is 52.3 Å². The van der Waals surface area contributed by atoms with Crippen LogP contribution in [0.3, 0.4) is 0 Å². The van der Waals surface area contributed by atoms with Crippen molar-refractivity contribution in [3.8, 4) is 11.5 Å². The second kappa shape index (κ2) is 20.6. The number of likely N-dealkylation sites (tertiary alicyclic amines) is 1. The predicted octanol–water partition coefficient (Wildman–Crippen LogP) is 10.4. The zero-order chi connectivity index (χ0) is 43.7. The molecule has 11 heteroatoms. The summed E-state index contributed by atoms with van der Waals surface area (Å²) in [6, 6.07) is 3.35. The topological polar surface area (TPSA) is 138 Å². The summed E-state index contributed by atoms with van der Waals surface area (Å²) in [5.74, 6) is -1.78. The van der Waals surface area contributed by atoms with Crippen molar-refractivity contribution in [3.05, 3.63) is 35.1 Å². The monoisotopic (exact) mass is 838 g/mol. The van der Waals surface area contributed by atoms with E-state index in [1.54, 1.807) is 53.7 Å². The minimum Gasteiger partial charge on any atom is -0.477 e. The second-order valence-electron chi connectivity index (χ2n) is 20.0. The molecule has 60 heavy (non-hydrogen) atoms. The van der Waals surface area contributed by atoms with Crippen molar-refractivity contribution in [2.75, 3.05) is 13.6 Å². The van der Waals surface area contributed by atoms with Crippen molar-refractivity contribution in [2.45, 2.75) is 218 Å². The Labute approximate surface area is 359 Å². The van der Waals surface area contributed by atoms with Gasteiger partial charge in [-0.15, -0.1) is 0 Å². The summed E-state index contributed by atoms with van der Waals surface area (Å²) < 4.78 is 29.6. The fourth-order valence-electron chi connectivity index (χ4n) is 9.96. The number of hydrogen-bond acceptors (Lipinski definition) is 11. The molecule has 5 atom stereocenters. The summed E-state index contributed by atoms with van der Waals surface area (Å²) in [5, 5.41) is 12.7. The first-order chi connectivity index (χ1) is 28.4. The minimum absolute atomic E-state index is 0.0932. The van der Waals surface area contributed by atoms with Gasteiger partial charge >= 0.3 is 18.1 Å². The van der Waals surface area contributed by atoms with Crippen molar-refractivity contribution < 1.29 is 48.0 Å². The summed E-state index contributed by atoms with van der Waals surface area (Å²) in [5.41, 5.74) is -2.12. The van der Waals surface area contributed by atoms with E-state index in [1.807, 2.05) is 13.1 Å². The average Bonchev–Trinajstić information content (AvgIpc) is 3.51. The normalized spacial score (nSPS) is 23.5. The number of Topliss-reactive ketones (excluding diaryl/α,β-unsaturated/α-hetero) is 1. The molecule has 1 saturated heterocycles. The highest BCUT2D eigenvalue weighted by molar-refractivity contribution is 5.87. The lowest BCUT2D eigenvalue weighted by atomic mass is 9.50. The van der Waals surface area contributed by atoms with Crippen LogP contribution in [0, 0.1) is 5.92 Å². The van der Waals surface area contributed by atoms with Crippen molar-refractivity contribution in [1.82, 2.24) is 4.90 Å². The Kier molecular flexibility index (Phi) is 16.4. The fraction of sp³-hybridized carbons (Fsp3) is 0.755. The van der Waals surface area contributed by atoms with Crippen LogP contribution in [0.15, 0.2) is 24.0 Å². The number of nitrogens with zero attached hydrogens (tertiary/aromatic N) is 1. The Morgan fingerprint density at radius 1 is 0.817 bits per heavy atom. The number of carbonyl (C=O) groups is 4. The van der Waals surface area contributed by atoms with Gasteiger partial charge in [0.2, 0.25) is 0 Å². The van der Waals surface area contributed by atoms with E-state index in [9.17, 15) is 24.3 Å². The number of likely N-dealkylation sites (N-methyl/N-ethyl adjacent to an activating group) is 1. The third-order valence-corrected chi connectivity index (χ3v) is 12.8. The minimum atomic E-state index is -1.28. The molecular weight excluding hydrogens is 763 g/mol. The maximum Gasteiger partial charge on any atom is 0.514 e. The number of ketones is 1. The van der Waals surface area contributed by atoms with E-state index in [-0.39, 0.29) is 42.6 Å². The van der Waals surface area contributed by atoms with Gasteiger partial charge in [0.25, 0.3) is 0 Å². The number of piperidine rings is 1. The molecule has 1 aromatic carbocycles. The Hall–Kier alpha value is -3.44. The van der Waals surface area contributed by atoms with Crippen LogP contribution in [-0.4, -0.2) is 76.4 Å². The van der Waals surface area contributed by atoms with Crippen LogP contribution in [0.5, 0.6) is 11.5 Å². The fourth-order valence-corrected chi connectivity index (χ4v) is 9.96. The average molecular weight is 838 g/mol. The van der Waals surface area contributed by atoms with E-state index in [2.05, 4.69) is 11.8 Å². The highest BCUT2D eigenvalue weighted by atomic mass is 16.7. The molecule has 2 bridgehead atoms. The van der Waals surface area contributed by atoms with Crippen molar-refractivity contribution in [2.24, 2.45) is 5.92 Å². The van der Waals surface area contributed by atoms with Crippen LogP contribution in [0.4, 0.5) is 4.79 Å². The van der Waals surface area contributed by atoms with Gasteiger partial charge in [-0.3, -0.25) is 14.4 Å². The number of esters is 2. The zero-order valence-corrected chi connectivity index (χ0v) is 38.1. The first kappa shape index (κ1) is 47.6. The van der Waals surface area contributed by atoms with Crippen LogP contribution < -0.4 is 9.47 Å². The third kappa shape index (κ3) is 11.7. The summed E-state index contributed by atoms with van der Waals surface area (Å²) in [7, 11) is 2.00. The molecule has 0 amide bonds. The summed E-state index contributed by atoms with van der Waals surface area (Å²) in [6.45, 7) is 13.4. The van der Waals surface area contributed by atoms with Gasteiger partial charge in [0.1, 0.15) is 22.7 Å². The third-order valence-electron chi connectivity index (χ3n) is 12.8. The van der Waals surface area contributed by atoms with Gasteiger partial charge in [0.05, 0.1) is 23.4 Å². The quantitative estimate of drug-likeness (QED) is 0.0488. The van der Waals surface area contributed by atoms with E-state index in [0.717, 1.165) is 36.8 Å². The Balaban J connectivity index is 1.21. The van der Waals surface area contributed by atoms with Crippen LogP contribution in [0.25, 0.3) is 0 Å². The highest BCUT2D eigenvalue weighted by Crippen LogP contribution is 2.65. The summed E-state index contributed by atoms with van der Waals surface area (Å²) in [4.78, 5) is 55.8. The summed E-state index contributed by atoms with van der Waals surface area (Å²) in [6.07, 6.45) is 19.5. The number of ether oxygens (including phenoxy) is 5. The second-order valence-corrected chi connectivity index (χ2v) is 20.0. The maximum atomic E-state index is 14.2. The molecule has 1 N–H and O–H groups in total. The number of hydrogen-bond donors (Lipinski definition) is 1. The zero-order valence-electron chi connectivity index (χ0n) is 38.1. The van der Waals surface area contributed by atoms with Gasteiger partial charge in [-0.25, -0.2) is 4.79 Å². The largest absolute Gasteiger partial charge is 0.514 e. The number of carbonyl (C=O) groups excluding carboxylic acids is 4. The number of benzene rings is 1. The molecular formula is C49H75NO10. The molecule has 0 saturated carbocycles. The lowest BCUT2D eigenvalue weighted by molar-refractivity contribution is -0.172. The maximum absolute atomic E-state index is 14.2. The molecule has 4 aliphatic rings. The molecule has 11 nitrogen and oxygen atoms in total. The van der Waals surface area contributed by atoms with Crippen LogP contribution in [0.1, 0.15) is 188 Å². The molecule has 0 radical (unpaired) electrons. The molecule has 2 aliphatic carbocycles. The van der Waals surface area contributed by atoms with Crippen molar-refractivity contribution in [1.29, 1.82) is 0 Å². The van der Waals surface area contributed by atoms with E-state index >= 15 is 0 Å². The standard InChI is InChI=1S/C49H75NO10/c1-9-10-11-12-13-14-15-16-17-18-19-20-21-22-23-24-36(51)31-35(33-40(52)59-46(2,3)4)44(53)56-38-27-28-49(55)39-32-34-25-26-37(57-45(54)60-47(5,6)7)42-41(34)48(49,43(38)58-42)29-30-50(39)8/h25-27,35,39,43,55H,9-24,28-33H2,1-8H3/t35-,39+,43-,48-,49+/m0/s1. The molecule has 336 valence electrons. The van der Waals surface area contributed by atoms with Gasteiger partial charge in [-0.1, -0.05) is 103 Å². The lowest BCUT2D eigenvalue weighted by Gasteiger charge is -2.61. The Bertz CT molecular complexity index is 1690. The molecule has 2 aliphatic heterocycles. The van der Waals surface area contributed by atoms with Crippen LogP contribution >= 0.6 is 0 Å². The molecule has 1 spiro atoms. The van der Waals surface area contributed by atoms with Crippen LogP contribution in [-0.2, 0) is 40.4 Å². The van der Waals surface area contributed by atoms with Gasteiger partial charge < -0.3 is 33.7 Å². The number of rotatable bonds is 23. The van der Waals surface area contributed by atoms with Crippen LogP contribution in [0.2, 0.25) is 0 Å². The SMILES string of the molecule is CCCCCCCCCCCCCCCCCC(=O)C[C@@H](CC(=O)OC(C)(C)C)C(=O)OC1=CC[C@@]2(O)[C@H]3Cc4ccc(OC(=O)OC(C)(C)C)c5c4[C@@]2(CCN3C)[C@H]1O5. The Morgan fingerprint density at radius 3 is 1.98 bits per heavy atom.